The lowest BCUT2D eigenvalue weighted by atomic mass is 9.96. The normalized spacial score (nSPS) is 16.3. The number of rotatable bonds is 19. The van der Waals surface area contributed by atoms with Gasteiger partial charge in [-0.15, -0.1) is 0 Å². The number of hydrogen-bond acceptors (Lipinski definition) is 16. The van der Waals surface area contributed by atoms with E-state index in [1.54, 1.807) is 37.4 Å². The Hall–Kier alpha value is -6.84. The number of hydrogen-bond donors (Lipinski definition) is 5. The Morgan fingerprint density at radius 1 is 0.938 bits per heavy atom. The minimum atomic E-state index is -1.04. The van der Waals surface area contributed by atoms with Crippen molar-refractivity contribution < 1.29 is 47.7 Å². The molecule has 1 unspecified atom stereocenters. The molecule has 21 nitrogen and oxygen atoms in total. The predicted molar refractivity (Wildman–Crippen MR) is 237 cm³/mol. The number of fused-ring (bicyclic) bond motifs is 2. The Morgan fingerprint density at radius 3 is 2.42 bits per heavy atom. The number of halogens is 1. The molecule has 2 aromatic heterocycles. The van der Waals surface area contributed by atoms with Crippen molar-refractivity contribution in [3.8, 4) is 11.5 Å². The monoisotopic (exact) mass is 916 g/mol. The van der Waals surface area contributed by atoms with Crippen LogP contribution in [0.2, 0.25) is 5.02 Å². The fourth-order valence-electron chi connectivity index (χ4n) is 7.82. The van der Waals surface area contributed by atoms with Crippen LogP contribution >= 0.6 is 11.6 Å². The fourth-order valence-corrected chi connectivity index (χ4v) is 7.96. The molecule has 1 atom stereocenters. The molecule has 5 N–H and O–H groups in total. The lowest BCUT2D eigenvalue weighted by Crippen LogP contribution is -2.54. The third kappa shape index (κ3) is 10.4. The molecule has 6 amide bonds. The van der Waals surface area contributed by atoms with Crippen LogP contribution in [0.25, 0.3) is 10.9 Å². The third-order valence-corrected chi connectivity index (χ3v) is 11.5. The van der Waals surface area contributed by atoms with Gasteiger partial charge in [-0.05, 0) is 43.5 Å². The molecule has 0 saturated carbocycles. The molecule has 65 heavy (non-hydrogen) atoms. The van der Waals surface area contributed by atoms with Crippen molar-refractivity contribution in [1.82, 2.24) is 35.4 Å². The largest absolute Gasteiger partial charge is 0.494 e. The van der Waals surface area contributed by atoms with Crippen LogP contribution < -0.4 is 46.5 Å². The summed E-state index contributed by atoms with van der Waals surface area (Å²) in [6, 6.07) is 8.86. The highest BCUT2D eigenvalue weighted by atomic mass is 35.5. The maximum Gasteiger partial charge on any atom is 0.293 e. The van der Waals surface area contributed by atoms with Crippen LogP contribution in [-0.4, -0.2) is 134 Å². The highest BCUT2D eigenvalue weighted by Gasteiger charge is 2.45. The van der Waals surface area contributed by atoms with Crippen LogP contribution in [0.15, 0.2) is 47.4 Å². The van der Waals surface area contributed by atoms with Gasteiger partial charge in [0.05, 0.1) is 56.4 Å². The highest BCUT2D eigenvalue weighted by molar-refractivity contribution is 6.33. The lowest BCUT2D eigenvalue weighted by molar-refractivity contribution is -0.136. The number of carbonyl (C=O) groups is 6. The molecule has 0 aliphatic carbocycles. The molecule has 2 saturated heterocycles. The third-order valence-electron chi connectivity index (χ3n) is 11.2. The van der Waals surface area contributed by atoms with E-state index in [1.165, 1.54) is 31.0 Å². The standard InChI is InChI=1S/C43H49ClN10O11/c1-45-34(56)23-65-32-20-25-19-26(21-31(62-3)36(25)52(2)41(32)60)49-37-28(44)22-48-43(51-37)53-13-9-24(10-14-53)38(57)47-12-16-64-18-17-63-15-11-46-29-6-4-5-27-35(29)42(61)54(40(27)59)30-7-8-33(55)50-39(30)58/h4-6,19-22,24,30,46H,7-18,23H2,1-3H3,(H,45,56)(H,47,57)(H,48,49,51)(H,50,55,58). The second-order valence-corrected chi connectivity index (χ2v) is 15.7. The first-order valence-corrected chi connectivity index (χ1v) is 21.4. The van der Waals surface area contributed by atoms with Gasteiger partial charge in [0, 0.05) is 75.4 Å². The summed E-state index contributed by atoms with van der Waals surface area (Å²) >= 11 is 6.53. The van der Waals surface area contributed by atoms with Gasteiger partial charge < -0.3 is 49.7 Å². The van der Waals surface area contributed by atoms with E-state index in [0.29, 0.717) is 98.6 Å². The number of carbonyl (C=O) groups excluding carboxylic acids is 6. The zero-order valence-electron chi connectivity index (χ0n) is 36.0. The average Bonchev–Trinajstić information content (AvgIpc) is 3.56. The number of nitrogens with zero attached hydrogens (tertiary/aromatic N) is 5. The SMILES string of the molecule is CNC(=O)COc1cc2cc(Nc3nc(N4CCC(C(=O)NCCOCCOCCNc5cccc6c5C(=O)N(C5CCC(=O)NC5=O)C6=O)CC4)ncc3Cl)cc(OC)c2n(C)c1=O. The summed E-state index contributed by atoms with van der Waals surface area (Å²) in [6.07, 6.45) is 2.80. The van der Waals surface area contributed by atoms with Crippen LogP contribution in [0.3, 0.4) is 0 Å². The zero-order valence-corrected chi connectivity index (χ0v) is 36.7. The Bertz CT molecular complexity index is 2560. The molecule has 5 heterocycles. The van der Waals surface area contributed by atoms with Gasteiger partial charge in [-0.1, -0.05) is 17.7 Å². The Morgan fingerprint density at radius 2 is 1.69 bits per heavy atom. The van der Waals surface area contributed by atoms with Gasteiger partial charge in [0.2, 0.25) is 23.7 Å². The van der Waals surface area contributed by atoms with Crippen molar-refractivity contribution in [3.63, 3.8) is 0 Å². The molecule has 2 fully saturated rings. The average molecular weight is 917 g/mol. The van der Waals surface area contributed by atoms with Crippen molar-refractivity contribution in [2.24, 2.45) is 13.0 Å². The maximum absolute atomic E-state index is 13.3. The van der Waals surface area contributed by atoms with Crippen LogP contribution in [0.4, 0.5) is 23.1 Å². The minimum Gasteiger partial charge on any atom is -0.494 e. The Kier molecular flexibility index (Phi) is 14.8. The predicted octanol–water partition coefficient (Wildman–Crippen LogP) is 1.74. The molecular weight excluding hydrogens is 868 g/mol. The minimum absolute atomic E-state index is 0.0000000864. The fraction of sp³-hybridized carbons (Fsp3) is 0.419. The van der Waals surface area contributed by atoms with Crippen LogP contribution in [0.5, 0.6) is 11.5 Å². The second kappa shape index (κ2) is 20.8. The molecule has 3 aliphatic heterocycles. The molecule has 4 aromatic rings. The molecular formula is C43H49ClN10O11. The number of piperidine rings is 2. The summed E-state index contributed by atoms with van der Waals surface area (Å²) in [5.41, 5.74) is 1.47. The maximum atomic E-state index is 13.3. The molecule has 344 valence electrons. The Balaban J connectivity index is 0.811. The topological polar surface area (TPSA) is 254 Å². The van der Waals surface area contributed by atoms with E-state index in [2.05, 4.69) is 36.6 Å². The molecule has 7 rings (SSSR count). The molecule has 3 aliphatic rings. The summed E-state index contributed by atoms with van der Waals surface area (Å²) in [4.78, 5) is 100. The van der Waals surface area contributed by atoms with Crippen LogP contribution in [-0.2, 0) is 35.7 Å². The number of pyridine rings is 1. The van der Waals surface area contributed by atoms with Gasteiger partial charge in [-0.25, -0.2) is 4.98 Å². The zero-order chi connectivity index (χ0) is 46.2. The van der Waals surface area contributed by atoms with Gasteiger partial charge in [-0.3, -0.25) is 43.8 Å². The van der Waals surface area contributed by atoms with Crippen LogP contribution in [0.1, 0.15) is 46.4 Å². The summed E-state index contributed by atoms with van der Waals surface area (Å²) < 4.78 is 23.8. The number of anilines is 4. The lowest BCUT2D eigenvalue weighted by Gasteiger charge is -2.31. The number of aryl methyl sites for hydroxylation is 1. The van der Waals surface area contributed by atoms with Crippen molar-refractivity contribution in [2.75, 3.05) is 88.9 Å². The molecule has 0 radical (unpaired) electrons. The van der Waals surface area contributed by atoms with E-state index in [4.69, 9.17) is 30.5 Å². The van der Waals surface area contributed by atoms with Crippen molar-refractivity contribution >= 4 is 81.1 Å². The smallest absolute Gasteiger partial charge is 0.293 e. The Labute approximate surface area is 377 Å². The van der Waals surface area contributed by atoms with E-state index in [-0.39, 0.29) is 65.7 Å². The van der Waals surface area contributed by atoms with E-state index < -0.39 is 35.2 Å². The molecule has 22 heteroatoms. The van der Waals surface area contributed by atoms with Gasteiger partial charge in [0.15, 0.2) is 18.2 Å². The number of likely N-dealkylation sites (N-methyl/N-ethyl adjacent to an activating group) is 1. The summed E-state index contributed by atoms with van der Waals surface area (Å²) in [5, 5.41) is 14.8. The highest BCUT2D eigenvalue weighted by Crippen LogP contribution is 2.35. The molecule has 2 aromatic carbocycles. The number of ether oxygens (including phenoxy) is 4. The van der Waals surface area contributed by atoms with Crippen molar-refractivity contribution in [2.45, 2.75) is 31.7 Å². The van der Waals surface area contributed by atoms with E-state index in [1.807, 2.05) is 4.90 Å². The molecule has 0 bridgehead atoms. The number of imide groups is 2. The quantitative estimate of drug-likeness (QED) is 0.0664. The number of amides is 6. The van der Waals surface area contributed by atoms with Gasteiger partial charge in [-0.2, -0.15) is 4.98 Å². The first-order chi connectivity index (χ1) is 31.4. The summed E-state index contributed by atoms with van der Waals surface area (Å²) in [6.45, 7) is 2.60. The van der Waals surface area contributed by atoms with Gasteiger partial charge in [0.1, 0.15) is 16.8 Å². The van der Waals surface area contributed by atoms with Crippen molar-refractivity contribution in [3.05, 3.63) is 69.1 Å². The second-order valence-electron chi connectivity index (χ2n) is 15.3. The number of methoxy groups -OCH3 is 1. The molecule has 0 spiro atoms. The number of nitrogens with one attached hydrogen (secondary N) is 5. The van der Waals surface area contributed by atoms with Gasteiger partial charge in [0.25, 0.3) is 23.3 Å². The first-order valence-electron chi connectivity index (χ1n) is 21.0. The number of benzene rings is 2. The van der Waals surface area contributed by atoms with Crippen LogP contribution in [0, 0.1) is 5.92 Å². The first kappa shape index (κ1) is 46.2. The number of aromatic nitrogens is 3. The van der Waals surface area contributed by atoms with E-state index in [0.717, 1.165) is 4.90 Å². The van der Waals surface area contributed by atoms with E-state index >= 15 is 0 Å². The van der Waals surface area contributed by atoms with Crippen molar-refractivity contribution in [1.29, 1.82) is 0 Å². The summed E-state index contributed by atoms with van der Waals surface area (Å²) in [7, 11) is 4.56. The summed E-state index contributed by atoms with van der Waals surface area (Å²) in [5.74, 6) is -1.71. The van der Waals surface area contributed by atoms with Gasteiger partial charge >= 0.3 is 0 Å². The van der Waals surface area contributed by atoms with E-state index in [9.17, 15) is 33.6 Å².